The Labute approximate surface area is 121 Å². The van der Waals surface area contributed by atoms with Gasteiger partial charge in [-0.05, 0) is 24.1 Å². The molecule has 0 bridgehead atoms. The quantitative estimate of drug-likeness (QED) is 0.878. The fourth-order valence-corrected chi connectivity index (χ4v) is 2.16. The van der Waals surface area contributed by atoms with Gasteiger partial charge >= 0.3 is 0 Å². The van der Waals surface area contributed by atoms with Gasteiger partial charge in [0.15, 0.2) is 11.5 Å². The molecule has 104 valence electrons. The molecule has 0 radical (unpaired) electrons. The van der Waals surface area contributed by atoms with E-state index >= 15 is 0 Å². The Morgan fingerprint density at radius 1 is 1.10 bits per heavy atom. The van der Waals surface area contributed by atoms with Gasteiger partial charge in [-0.3, -0.25) is 0 Å². The summed E-state index contributed by atoms with van der Waals surface area (Å²) in [6.45, 7) is 1.98. The Kier molecular flexibility index (Phi) is 3.87. The number of hydrogen-bond donors (Lipinski definition) is 1. The van der Waals surface area contributed by atoms with Crippen LogP contribution in [-0.2, 0) is 6.42 Å². The zero-order valence-electron chi connectivity index (χ0n) is 10.8. The lowest BCUT2D eigenvalue weighted by molar-refractivity contribution is 0.171. The van der Waals surface area contributed by atoms with Crippen molar-refractivity contribution in [1.29, 1.82) is 0 Å². The summed E-state index contributed by atoms with van der Waals surface area (Å²) in [6.07, 6.45) is 2.30. The van der Waals surface area contributed by atoms with Crippen LogP contribution < -0.4 is 14.8 Å². The second-order valence-corrected chi connectivity index (χ2v) is 4.77. The number of anilines is 1. The normalized spacial score (nSPS) is 13.1. The number of aromatic nitrogens is 2. The van der Waals surface area contributed by atoms with E-state index in [0.717, 1.165) is 30.3 Å². The van der Waals surface area contributed by atoms with Crippen LogP contribution in [0.25, 0.3) is 0 Å². The summed E-state index contributed by atoms with van der Waals surface area (Å²) >= 11 is 5.80. The van der Waals surface area contributed by atoms with Crippen molar-refractivity contribution in [2.24, 2.45) is 0 Å². The molecule has 2 heterocycles. The summed E-state index contributed by atoms with van der Waals surface area (Å²) in [5.74, 6) is 2.36. The molecule has 1 aromatic heterocycles. The topological polar surface area (TPSA) is 56.3 Å². The van der Waals surface area contributed by atoms with Crippen LogP contribution >= 0.6 is 11.6 Å². The average molecular weight is 292 g/mol. The molecule has 1 aromatic carbocycles. The molecule has 0 saturated carbocycles. The van der Waals surface area contributed by atoms with Crippen LogP contribution in [-0.4, -0.2) is 29.7 Å². The van der Waals surface area contributed by atoms with E-state index in [2.05, 4.69) is 15.3 Å². The molecule has 5 nitrogen and oxygen atoms in total. The van der Waals surface area contributed by atoms with E-state index in [1.54, 1.807) is 6.07 Å². The monoisotopic (exact) mass is 291 g/mol. The number of halogens is 1. The molecule has 0 amide bonds. The third-order valence-electron chi connectivity index (χ3n) is 2.96. The molecular formula is C14H14ClN3O2. The second-order valence-electron chi connectivity index (χ2n) is 4.38. The third-order valence-corrected chi connectivity index (χ3v) is 3.17. The zero-order valence-corrected chi connectivity index (χ0v) is 11.6. The highest BCUT2D eigenvalue weighted by Gasteiger charge is 2.11. The van der Waals surface area contributed by atoms with Crippen molar-refractivity contribution in [2.45, 2.75) is 6.42 Å². The van der Waals surface area contributed by atoms with Crippen molar-refractivity contribution in [1.82, 2.24) is 9.97 Å². The molecule has 0 saturated heterocycles. The Balaban J connectivity index is 1.58. The van der Waals surface area contributed by atoms with Crippen molar-refractivity contribution < 1.29 is 9.47 Å². The summed E-state index contributed by atoms with van der Waals surface area (Å²) in [5.41, 5.74) is 1.18. The highest BCUT2D eigenvalue weighted by atomic mass is 35.5. The van der Waals surface area contributed by atoms with Gasteiger partial charge in [0, 0.05) is 12.6 Å². The molecule has 3 rings (SSSR count). The van der Waals surface area contributed by atoms with Crippen molar-refractivity contribution in [3.8, 4) is 11.5 Å². The lowest BCUT2D eigenvalue weighted by Crippen LogP contribution is -2.15. The molecule has 0 fully saturated rings. The maximum absolute atomic E-state index is 5.80. The van der Waals surface area contributed by atoms with E-state index in [4.69, 9.17) is 21.1 Å². The number of nitrogens with one attached hydrogen (secondary N) is 1. The smallest absolute Gasteiger partial charge is 0.161 e. The molecule has 0 spiro atoms. The number of fused-ring (bicyclic) bond motifs is 1. The van der Waals surface area contributed by atoms with Crippen molar-refractivity contribution in [3.63, 3.8) is 0 Å². The van der Waals surface area contributed by atoms with Gasteiger partial charge in [0.1, 0.15) is 30.5 Å². The zero-order chi connectivity index (χ0) is 13.8. The number of nitrogens with zero attached hydrogens (tertiary/aromatic N) is 2. The minimum absolute atomic E-state index is 0.432. The van der Waals surface area contributed by atoms with Gasteiger partial charge in [-0.15, -0.1) is 0 Å². The molecule has 1 N–H and O–H groups in total. The van der Waals surface area contributed by atoms with Crippen LogP contribution in [0.3, 0.4) is 0 Å². The summed E-state index contributed by atoms with van der Waals surface area (Å²) in [6, 6.07) is 7.71. The van der Waals surface area contributed by atoms with Crippen molar-refractivity contribution >= 4 is 17.4 Å². The maximum Gasteiger partial charge on any atom is 0.161 e. The lowest BCUT2D eigenvalue weighted by Gasteiger charge is -2.18. The van der Waals surface area contributed by atoms with Crippen LogP contribution in [0.2, 0.25) is 5.15 Å². The minimum Gasteiger partial charge on any atom is -0.486 e. The minimum atomic E-state index is 0.432. The van der Waals surface area contributed by atoms with Crippen molar-refractivity contribution in [3.05, 3.63) is 41.3 Å². The van der Waals surface area contributed by atoms with Crippen LogP contribution in [0.5, 0.6) is 11.5 Å². The van der Waals surface area contributed by atoms with Gasteiger partial charge in [-0.2, -0.15) is 0 Å². The predicted octanol–water partition coefficient (Wildman–Crippen LogP) is 2.56. The number of rotatable bonds is 4. The average Bonchev–Trinajstić information content (AvgIpc) is 2.47. The first-order chi connectivity index (χ1) is 9.81. The Hall–Kier alpha value is -2.01. The summed E-state index contributed by atoms with van der Waals surface area (Å²) < 4.78 is 11.1. The number of benzene rings is 1. The molecule has 1 aliphatic heterocycles. The fraction of sp³-hybridized carbons (Fsp3) is 0.286. The molecule has 0 aliphatic carbocycles. The molecule has 1 aliphatic rings. The SMILES string of the molecule is Clc1cc(NCCc2ccc3c(c2)OCCO3)ncn1. The maximum atomic E-state index is 5.80. The van der Waals surface area contributed by atoms with Gasteiger partial charge in [-0.25, -0.2) is 9.97 Å². The van der Waals surface area contributed by atoms with E-state index in [9.17, 15) is 0 Å². The van der Waals surface area contributed by atoms with E-state index < -0.39 is 0 Å². The first kappa shape index (κ1) is 13.0. The highest BCUT2D eigenvalue weighted by Crippen LogP contribution is 2.30. The number of ether oxygens (including phenoxy) is 2. The van der Waals surface area contributed by atoms with Gasteiger partial charge < -0.3 is 14.8 Å². The van der Waals surface area contributed by atoms with E-state index in [0.29, 0.717) is 18.4 Å². The van der Waals surface area contributed by atoms with Crippen LogP contribution in [0.4, 0.5) is 5.82 Å². The largest absolute Gasteiger partial charge is 0.486 e. The highest BCUT2D eigenvalue weighted by molar-refractivity contribution is 6.29. The third kappa shape index (κ3) is 3.11. The lowest BCUT2D eigenvalue weighted by atomic mass is 10.1. The summed E-state index contributed by atoms with van der Waals surface area (Å²) in [4.78, 5) is 7.93. The number of hydrogen-bond acceptors (Lipinski definition) is 5. The Morgan fingerprint density at radius 3 is 2.80 bits per heavy atom. The second kappa shape index (κ2) is 5.96. The molecule has 20 heavy (non-hydrogen) atoms. The van der Waals surface area contributed by atoms with Gasteiger partial charge in [-0.1, -0.05) is 17.7 Å². The standard InChI is InChI=1S/C14H14ClN3O2/c15-13-8-14(18-9-17-13)16-4-3-10-1-2-11-12(7-10)20-6-5-19-11/h1-2,7-9H,3-6H2,(H,16,17,18). The molecule has 6 heteroatoms. The first-order valence-corrected chi connectivity index (χ1v) is 6.79. The van der Waals surface area contributed by atoms with Crippen LogP contribution in [0.1, 0.15) is 5.56 Å². The molecule has 0 atom stereocenters. The van der Waals surface area contributed by atoms with Gasteiger partial charge in [0.2, 0.25) is 0 Å². The first-order valence-electron chi connectivity index (χ1n) is 6.41. The van der Waals surface area contributed by atoms with Crippen LogP contribution in [0.15, 0.2) is 30.6 Å². The van der Waals surface area contributed by atoms with Crippen molar-refractivity contribution in [2.75, 3.05) is 25.1 Å². The van der Waals surface area contributed by atoms with Crippen LogP contribution in [0, 0.1) is 0 Å². The molecule has 2 aromatic rings. The summed E-state index contributed by atoms with van der Waals surface area (Å²) in [7, 11) is 0. The van der Waals surface area contributed by atoms with E-state index in [1.165, 1.54) is 11.9 Å². The molecular weight excluding hydrogens is 278 g/mol. The predicted molar refractivity (Wildman–Crippen MR) is 76.7 cm³/mol. The molecule has 0 unspecified atom stereocenters. The van der Waals surface area contributed by atoms with E-state index in [1.807, 2.05) is 18.2 Å². The van der Waals surface area contributed by atoms with Gasteiger partial charge in [0.25, 0.3) is 0 Å². The fourth-order valence-electron chi connectivity index (χ4n) is 2.01. The van der Waals surface area contributed by atoms with E-state index in [-0.39, 0.29) is 0 Å². The summed E-state index contributed by atoms with van der Waals surface area (Å²) in [5, 5.41) is 3.64. The Bertz CT molecular complexity index is 607. The van der Waals surface area contributed by atoms with Gasteiger partial charge in [0.05, 0.1) is 0 Å². The Morgan fingerprint density at radius 2 is 1.95 bits per heavy atom.